The first-order valence-corrected chi connectivity index (χ1v) is 3.76. The van der Waals surface area contributed by atoms with Crippen LogP contribution < -0.4 is 0 Å². The van der Waals surface area contributed by atoms with Gasteiger partial charge in [0.05, 0.1) is 6.54 Å². The van der Waals surface area contributed by atoms with Crippen molar-refractivity contribution in [3.63, 3.8) is 0 Å². The Kier molecular flexibility index (Phi) is 2.28. The number of rotatable bonds is 1. The van der Waals surface area contributed by atoms with Gasteiger partial charge in [-0.3, -0.25) is 4.99 Å². The molecular formula is C6H9BrN2. The molecular weight excluding hydrogens is 180 g/mol. The molecule has 0 saturated carbocycles. The minimum absolute atomic E-state index is 0.913. The summed E-state index contributed by atoms with van der Waals surface area (Å²) in [5, 5.41) is 0. The number of halogens is 1. The van der Waals surface area contributed by atoms with Crippen molar-refractivity contribution < 1.29 is 0 Å². The minimum atomic E-state index is 0.913. The van der Waals surface area contributed by atoms with E-state index in [1.165, 1.54) is 0 Å². The lowest BCUT2D eigenvalue weighted by molar-refractivity contribution is 0.449. The summed E-state index contributed by atoms with van der Waals surface area (Å²) in [7, 11) is 0. The van der Waals surface area contributed by atoms with E-state index in [0.717, 1.165) is 17.7 Å². The van der Waals surface area contributed by atoms with E-state index in [2.05, 4.69) is 32.7 Å². The van der Waals surface area contributed by atoms with Gasteiger partial charge in [0.15, 0.2) is 0 Å². The Labute approximate surface area is 63.4 Å². The fraction of sp³-hybridized carbons (Fsp3) is 0.500. The summed E-state index contributed by atoms with van der Waals surface area (Å²) in [6, 6.07) is 0. The van der Waals surface area contributed by atoms with Crippen LogP contribution in [0, 0.1) is 0 Å². The molecule has 2 nitrogen and oxygen atoms in total. The van der Waals surface area contributed by atoms with Crippen molar-refractivity contribution >= 4 is 22.1 Å². The van der Waals surface area contributed by atoms with E-state index in [9.17, 15) is 0 Å². The van der Waals surface area contributed by atoms with Gasteiger partial charge in [0.1, 0.15) is 4.61 Å². The average molecular weight is 189 g/mol. The molecule has 0 aromatic carbocycles. The molecule has 3 heteroatoms. The Morgan fingerprint density at radius 3 is 3.11 bits per heavy atom. The van der Waals surface area contributed by atoms with Crippen LogP contribution in [-0.2, 0) is 0 Å². The van der Waals surface area contributed by atoms with Gasteiger partial charge in [0.25, 0.3) is 0 Å². The van der Waals surface area contributed by atoms with Gasteiger partial charge in [-0.2, -0.15) is 0 Å². The predicted molar refractivity (Wildman–Crippen MR) is 42.7 cm³/mol. The van der Waals surface area contributed by atoms with Gasteiger partial charge in [0, 0.05) is 19.0 Å². The van der Waals surface area contributed by atoms with Crippen LogP contribution in [-0.4, -0.2) is 24.2 Å². The highest BCUT2D eigenvalue weighted by Gasteiger charge is 1.99. The highest BCUT2D eigenvalue weighted by atomic mass is 79.9. The zero-order valence-electron chi connectivity index (χ0n) is 5.34. The summed E-state index contributed by atoms with van der Waals surface area (Å²) in [5.74, 6) is 0. The van der Waals surface area contributed by atoms with Crippen LogP contribution in [0.1, 0.15) is 6.92 Å². The molecule has 0 fully saturated rings. The minimum Gasteiger partial charge on any atom is -0.370 e. The van der Waals surface area contributed by atoms with Gasteiger partial charge in [-0.25, -0.2) is 0 Å². The SMILES string of the molecule is CCN1C=C(Br)N=CC1. The molecule has 0 amide bonds. The Bertz CT molecular complexity index is 151. The zero-order chi connectivity index (χ0) is 6.69. The van der Waals surface area contributed by atoms with E-state index in [-0.39, 0.29) is 0 Å². The summed E-state index contributed by atoms with van der Waals surface area (Å²) in [6.45, 7) is 4.10. The number of hydrogen-bond donors (Lipinski definition) is 0. The maximum Gasteiger partial charge on any atom is 0.121 e. The predicted octanol–water partition coefficient (Wildman–Crippen LogP) is 1.59. The van der Waals surface area contributed by atoms with Crippen LogP contribution in [0.25, 0.3) is 0 Å². The smallest absolute Gasteiger partial charge is 0.121 e. The summed E-state index contributed by atoms with van der Waals surface area (Å²) >= 11 is 3.29. The van der Waals surface area contributed by atoms with Crippen molar-refractivity contribution in [1.82, 2.24) is 4.90 Å². The first kappa shape index (κ1) is 6.81. The standard InChI is InChI=1S/C6H9BrN2/c1-2-9-4-3-8-6(7)5-9/h3,5H,2,4H2,1H3. The molecule has 9 heavy (non-hydrogen) atoms. The molecule has 1 aliphatic heterocycles. The van der Waals surface area contributed by atoms with Crippen LogP contribution in [0.4, 0.5) is 0 Å². The molecule has 50 valence electrons. The highest BCUT2D eigenvalue weighted by molar-refractivity contribution is 9.11. The summed E-state index contributed by atoms with van der Waals surface area (Å²) in [6.07, 6.45) is 3.90. The second-order valence-corrected chi connectivity index (χ2v) is 2.66. The van der Waals surface area contributed by atoms with E-state index in [1.807, 2.05) is 12.4 Å². The lowest BCUT2D eigenvalue weighted by atomic mass is 10.5. The van der Waals surface area contributed by atoms with Crippen molar-refractivity contribution in [2.75, 3.05) is 13.1 Å². The molecule has 0 bridgehead atoms. The molecule has 0 atom stereocenters. The lowest BCUT2D eigenvalue weighted by Crippen LogP contribution is -2.21. The summed E-state index contributed by atoms with van der Waals surface area (Å²) in [4.78, 5) is 6.22. The van der Waals surface area contributed by atoms with Crippen molar-refractivity contribution in [2.45, 2.75) is 6.92 Å². The largest absolute Gasteiger partial charge is 0.370 e. The third-order valence-corrected chi connectivity index (χ3v) is 1.64. The molecule has 0 aliphatic carbocycles. The Balaban J connectivity index is 2.55. The van der Waals surface area contributed by atoms with E-state index >= 15 is 0 Å². The molecule has 1 rings (SSSR count). The molecule has 0 aromatic rings. The van der Waals surface area contributed by atoms with E-state index < -0.39 is 0 Å². The number of nitrogens with zero attached hydrogens (tertiary/aromatic N) is 2. The molecule has 0 spiro atoms. The van der Waals surface area contributed by atoms with E-state index in [1.54, 1.807) is 0 Å². The number of hydrogen-bond acceptors (Lipinski definition) is 2. The second kappa shape index (κ2) is 3.01. The van der Waals surface area contributed by atoms with Crippen LogP contribution in [0.15, 0.2) is 15.8 Å². The van der Waals surface area contributed by atoms with Gasteiger partial charge in [-0.1, -0.05) is 0 Å². The molecule has 0 unspecified atom stereocenters. The fourth-order valence-corrected chi connectivity index (χ4v) is 1.12. The van der Waals surface area contributed by atoms with Crippen molar-refractivity contribution in [3.8, 4) is 0 Å². The monoisotopic (exact) mass is 188 g/mol. The van der Waals surface area contributed by atoms with Gasteiger partial charge < -0.3 is 4.90 Å². The average Bonchev–Trinajstić information content (AvgIpc) is 1.88. The zero-order valence-corrected chi connectivity index (χ0v) is 6.93. The maximum absolute atomic E-state index is 4.04. The van der Waals surface area contributed by atoms with Crippen molar-refractivity contribution in [1.29, 1.82) is 0 Å². The van der Waals surface area contributed by atoms with Crippen LogP contribution >= 0.6 is 15.9 Å². The van der Waals surface area contributed by atoms with Crippen molar-refractivity contribution in [3.05, 3.63) is 10.8 Å². The maximum atomic E-state index is 4.04. The van der Waals surface area contributed by atoms with Gasteiger partial charge in [-0.05, 0) is 22.9 Å². The summed E-state index contributed by atoms with van der Waals surface area (Å²) in [5.41, 5.74) is 0. The van der Waals surface area contributed by atoms with Gasteiger partial charge in [0.2, 0.25) is 0 Å². The second-order valence-electron chi connectivity index (χ2n) is 1.85. The lowest BCUT2D eigenvalue weighted by Gasteiger charge is -2.17. The topological polar surface area (TPSA) is 15.6 Å². The molecule has 0 saturated heterocycles. The van der Waals surface area contributed by atoms with Gasteiger partial charge in [-0.15, -0.1) is 0 Å². The normalized spacial score (nSPS) is 18.0. The van der Waals surface area contributed by atoms with Crippen LogP contribution in [0.5, 0.6) is 0 Å². The number of aliphatic imine (C=N–C) groups is 1. The molecule has 0 radical (unpaired) electrons. The Morgan fingerprint density at radius 2 is 2.67 bits per heavy atom. The van der Waals surface area contributed by atoms with Crippen LogP contribution in [0.3, 0.4) is 0 Å². The van der Waals surface area contributed by atoms with Crippen molar-refractivity contribution in [2.24, 2.45) is 4.99 Å². The molecule has 1 aliphatic rings. The first-order valence-electron chi connectivity index (χ1n) is 2.97. The van der Waals surface area contributed by atoms with E-state index in [0.29, 0.717) is 0 Å². The Morgan fingerprint density at radius 1 is 1.89 bits per heavy atom. The van der Waals surface area contributed by atoms with Crippen LogP contribution in [0.2, 0.25) is 0 Å². The van der Waals surface area contributed by atoms with Gasteiger partial charge >= 0.3 is 0 Å². The molecule has 0 N–H and O–H groups in total. The quantitative estimate of drug-likeness (QED) is 0.572. The fourth-order valence-electron chi connectivity index (χ4n) is 0.690. The molecule has 1 heterocycles. The third kappa shape index (κ3) is 1.82. The molecule has 0 aromatic heterocycles. The first-order chi connectivity index (χ1) is 4.33. The van der Waals surface area contributed by atoms with E-state index in [4.69, 9.17) is 0 Å². The summed E-state index contributed by atoms with van der Waals surface area (Å²) < 4.78 is 0.913. The highest BCUT2D eigenvalue weighted by Crippen LogP contribution is 2.10. The Hall–Kier alpha value is -0.310. The third-order valence-electron chi connectivity index (χ3n) is 1.23.